The van der Waals surface area contributed by atoms with E-state index in [-0.39, 0.29) is 24.0 Å². The first-order valence-electron chi connectivity index (χ1n) is 8.96. The van der Waals surface area contributed by atoms with Crippen molar-refractivity contribution in [1.82, 2.24) is 4.98 Å². The Kier molecular flexibility index (Phi) is 3.87. The number of Topliss-reactive ketones (excluding diaryl/α,β-unsaturated/α-hetero) is 2. The zero-order valence-electron chi connectivity index (χ0n) is 15.4. The molecule has 1 heterocycles. The van der Waals surface area contributed by atoms with Gasteiger partial charge in [-0.25, -0.2) is 0 Å². The molecule has 3 aliphatic carbocycles. The third kappa shape index (κ3) is 2.29. The van der Waals surface area contributed by atoms with E-state index in [9.17, 15) is 34.5 Å². The van der Waals surface area contributed by atoms with Gasteiger partial charge in [0.05, 0.1) is 11.6 Å². The van der Waals surface area contributed by atoms with Gasteiger partial charge in [0.1, 0.15) is 17.1 Å². The zero-order chi connectivity index (χ0) is 21.4. The number of nitrogens with one attached hydrogen (secondary N) is 1. The fourth-order valence-corrected chi connectivity index (χ4v) is 4.80. The van der Waals surface area contributed by atoms with Gasteiger partial charge in [-0.15, -0.1) is 0 Å². The van der Waals surface area contributed by atoms with Crippen molar-refractivity contribution >= 4 is 23.2 Å². The van der Waals surface area contributed by atoms with Crippen LogP contribution in [-0.4, -0.2) is 49.4 Å². The monoisotopic (exact) mass is 401 g/mol. The molecule has 1 unspecified atom stereocenters. The number of pyridine rings is 1. The highest BCUT2D eigenvalue weighted by Crippen LogP contribution is 2.50. The molecule has 1 fully saturated rings. The van der Waals surface area contributed by atoms with Gasteiger partial charge in [0.2, 0.25) is 5.78 Å². The number of rotatable bonds is 1. The van der Waals surface area contributed by atoms with Gasteiger partial charge in [0.25, 0.3) is 11.5 Å². The Morgan fingerprint density at radius 1 is 1.28 bits per heavy atom. The number of aliphatic hydroxyl groups is 3. The summed E-state index contributed by atoms with van der Waals surface area (Å²) in [5.41, 5.74) is 7.56. The lowest BCUT2D eigenvalue weighted by Gasteiger charge is -2.47. The van der Waals surface area contributed by atoms with Crippen molar-refractivity contribution in [2.75, 3.05) is 0 Å². The average molecular weight is 401 g/mol. The number of H-pyrrole nitrogens is 1. The highest BCUT2D eigenvalue weighted by Gasteiger charge is 2.63. The molecule has 0 bridgehead atoms. The second-order valence-corrected chi connectivity index (χ2v) is 7.76. The number of aryl methyl sites for hydroxylation is 1. The molecule has 0 radical (unpaired) electrons. The number of aliphatic hydroxyl groups excluding tert-OH is 2. The molecule has 4 rings (SSSR count). The van der Waals surface area contributed by atoms with Gasteiger partial charge in [-0.3, -0.25) is 19.2 Å². The maximum Gasteiger partial charge on any atom is 0.259 e. The number of carbonyl (C=O) groups is 3. The van der Waals surface area contributed by atoms with E-state index < -0.39 is 63.6 Å². The minimum atomic E-state index is -2.70. The summed E-state index contributed by atoms with van der Waals surface area (Å²) in [7, 11) is 0. The van der Waals surface area contributed by atoms with Gasteiger partial charge in [-0.1, -0.05) is 0 Å². The number of aromatic nitrogens is 1. The summed E-state index contributed by atoms with van der Waals surface area (Å²) in [4.78, 5) is 52.2. The predicted molar refractivity (Wildman–Crippen MR) is 98.4 cm³/mol. The summed E-state index contributed by atoms with van der Waals surface area (Å²) >= 11 is 0. The van der Waals surface area contributed by atoms with Crippen LogP contribution in [-0.2, 0) is 20.8 Å². The molecule has 29 heavy (non-hydrogen) atoms. The largest absolute Gasteiger partial charge is 0.508 e. The van der Waals surface area contributed by atoms with Crippen molar-refractivity contribution in [2.45, 2.75) is 31.4 Å². The van der Waals surface area contributed by atoms with E-state index in [4.69, 9.17) is 11.5 Å². The number of amides is 1. The maximum absolute atomic E-state index is 13.3. The number of carbonyl (C=O) groups excluding carboxylic acids is 3. The molecule has 0 saturated heterocycles. The number of hydrogen-bond acceptors (Lipinski definition) is 8. The molecule has 1 saturated carbocycles. The molecule has 1 aromatic heterocycles. The first-order chi connectivity index (χ1) is 13.5. The van der Waals surface area contributed by atoms with Crippen LogP contribution in [0.25, 0.3) is 5.76 Å². The molecule has 1 amide bonds. The van der Waals surface area contributed by atoms with Crippen LogP contribution in [0.15, 0.2) is 27.8 Å². The van der Waals surface area contributed by atoms with E-state index in [1.54, 1.807) is 13.0 Å². The molecular formula is C19H19N3O7. The van der Waals surface area contributed by atoms with Crippen LogP contribution in [0.3, 0.4) is 0 Å². The van der Waals surface area contributed by atoms with E-state index in [0.717, 1.165) is 0 Å². The summed E-state index contributed by atoms with van der Waals surface area (Å²) < 4.78 is 0. The first-order valence-corrected chi connectivity index (χ1v) is 8.96. The third-order valence-corrected chi connectivity index (χ3v) is 6.11. The fourth-order valence-electron chi connectivity index (χ4n) is 4.80. The zero-order valence-corrected chi connectivity index (χ0v) is 15.4. The van der Waals surface area contributed by atoms with Crippen molar-refractivity contribution < 1.29 is 29.7 Å². The van der Waals surface area contributed by atoms with Crippen LogP contribution in [0.1, 0.15) is 23.2 Å². The van der Waals surface area contributed by atoms with Gasteiger partial charge in [0.15, 0.2) is 11.4 Å². The minimum absolute atomic E-state index is 0.0318. The number of ketones is 2. The van der Waals surface area contributed by atoms with Crippen LogP contribution < -0.4 is 17.0 Å². The molecule has 0 aromatic carbocycles. The molecule has 152 valence electrons. The first kappa shape index (κ1) is 19.1. The molecule has 0 spiro atoms. The normalized spacial score (nSPS) is 31.3. The van der Waals surface area contributed by atoms with Crippen molar-refractivity contribution in [3.05, 3.63) is 50.1 Å². The van der Waals surface area contributed by atoms with Gasteiger partial charge < -0.3 is 31.8 Å². The standard InChI is InChI=1S/C19H19N3O7/c1-5-2-6-3-7-4-8-12(20)14(24)11(17(21)27)16(26)19(8,29)15(25)9(7)13(23)10(6)18(28)22-5/h2,7-8,12,23,26,29H,3-4,20H2,1H3,(H2,21,27)(H,22,28)/t7?,8-,12-,19-/m0/s1. The molecule has 0 aliphatic heterocycles. The molecule has 8 N–H and O–H groups in total. The molecule has 10 heteroatoms. The Labute approximate surface area is 163 Å². The van der Waals surface area contributed by atoms with Gasteiger partial charge in [-0.05, 0) is 37.3 Å². The van der Waals surface area contributed by atoms with Crippen LogP contribution in [0, 0.1) is 18.8 Å². The fraction of sp³-hybridized carbons (Fsp3) is 0.368. The number of fused-ring (bicyclic) bond motifs is 3. The number of hydrogen-bond donors (Lipinski definition) is 6. The van der Waals surface area contributed by atoms with Crippen molar-refractivity contribution in [1.29, 1.82) is 0 Å². The summed E-state index contributed by atoms with van der Waals surface area (Å²) in [5.74, 6) is -7.04. The van der Waals surface area contributed by atoms with E-state index in [0.29, 0.717) is 11.3 Å². The number of aromatic amines is 1. The van der Waals surface area contributed by atoms with Crippen LogP contribution >= 0.6 is 0 Å². The molecule has 4 atom stereocenters. The average Bonchev–Trinajstić information content (AvgIpc) is 2.61. The Balaban J connectivity index is 1.97. The minimum Gasteiger partial charge on any atom is -0.508 e. The Morgan fingerprint density at radius 2 is 1.93 bits per heavy atom. The molecular weight excluding hydrogens is 382 g/mol. The topological polar surface area (TPSA) is 197 Å². The lowest BCUT2D eigenvalue weighted by atomic mass is 9.58. The summed E-state index contributed by atoms with van der Waals surface area (Å²) in [6.45, 7) is 1.67. The van der Waals surface area contributed by atoms with E-state index >= 15 is 0 Å². The second-order valence-electron chi connectivity index (χ2n) is 7.76. The number of nitrogens with two attached hydrogens (primary N) is 2. The van der Waals surface area contributed by atoms with E-state index in [2.05, 4.69) is 4.98 Å². The smallest absolute Gasteiger partial charge is 0.259 e. The third-order valence-electron chi connectivity index (χ3n) is 6.11. The van der Waals surface area contributed by atoms with Gasteiger partial charge in [-0.2, -0.15) is 0 Å². The van der Waals surface area contributed by atoms with Crippen LogP contribution in [0.2, 0.25) is 0 Å². The molecule has 10 nitrogen and oxygen atoms in total. The highest BCUT2D eigenvalue weighted by atomic mass is 16.3. The Morgan fingerprint density at radius 3 is 2.55 bits per heavy atom. The van der Waals surface area contributed by atoms with E-state index in [1.807, 2.05) is 0 Å². The van der Waals surface area contributed by atoms with Crippen molar-refractivity contribution in [3.63, 3.8) is 0 Å². The summed E-state index contributed by atoms with van der Waals surface area (Å²) in [6, 6.07) is 0.220. The lowest BCUT2D eigenvalue weighted by molar-refractivity contribution is -0.149. The quantitative estimate of drug-likeness (QED) is 0.310. The molecule has 1 aromatic rings. The van der Waals surface area contributed by atoms with Gasteiger partial charge in [0, 0.05) is 17.2 Å². The second kappa shape index (κ2) is 5.88. The number of primary amides is 1. The SMILES string of the molecule is Cc1cc2c(c(=O)[nH]1)C(O)=C1C(=O)[C@]3(O)C(O)=C(C(N)=O)C(=O)[C@@H](N)[C@@H]3CC1C2. The Bertz CT molecular complexity index is 1130. The summed E-state index contributed by atoms with van der Waals surface area (Å²) in [5, 5.41) is 32.3. The van der Waals surface area contributed by atoms with Crippen LogP contribution in [0.5, 0.6) is 0 Å². The summed E-state index contributed by atoms with van der Waals surface area (Å²) in [6.07, 6.45) is 0.168. The highest BCUT2D eigenvalue weighted by molar-refractivity contribution is 6.24. The lowest BCUT2D eigenvalue weighted by Crippen LogP contribution is -2.65. The predicted octanol–water partition coefficient (Wildman–Crippen LogP) is -1.35. The van der Waals surface area contributed by atoms with Gasteiger partial charge >= 0.3 is 0 Å². The van der Waals surface area contributed by atoms with Crippen molar-refractivity contribution in [3.8, 4) is 0 Å². The molecule has 3 aliphatic rings. The van der Waals surface area contributed by atoms with Crippen molar-refractivity contribution in [2.24, 2.45) is 23.3 Å². The van der Waals surface area contributed by atoms with Crippen LogP contribution in [0.4, 0.5) is 0 Å². The maximum atomic E-state index is 13.3. The van der Waals surface area contributed by atoms with E-state index in [1.165, 1.54) is 0 Å². The Hall–Kier alpha value is -3.24.